The number of ether oxygens (including phenoxy) is 1. The van der Waals surface area contributed by atoms with Crippen LogP contribution in [-0.4, -0.2) is 42.0 Å². The van der Waals surface area contributed by atoms with Crippen LogP contribution in [0.3, 0.4) is 0 Å². The van der Waals surface area contributed by atoms with E-state index in [1.807, 2.05) is 24.3 Å². The Kier molecular flexibility index (Phi) is 7.02. The Bertz CT molecular complexity index is 883. The van der Waals surface area contributed by atoms with Crippen LogP contribution in [0.5, 0.6) is 5.75 Å². The Morgan fingerprint density at radius 3 is 2.77 bits per heavy atom. The maximum absolute atomic E-state index is 12.4. The Balaban J connectivity index is 1.48. The van der Waals surface area contributed by atoms with Gasteiger partial charge in [0.05, 0.1) is 12.8 Å². The van der Waals surface area contributed by atoms with E-state index in [2.05, 4.69) is 10.5 Å². The van der Waals surface area contributed by atoms with Gasteiger partial charge in [0.25, 0.3) is 0 Å². The smallest absolute Gasteiger partial charge is 0.389 e. The quantitative estimate of drug-likeness (QED) is 0.631. The molecule has 1 aromatic carbocycles. The molecule has 162 valence electrons. The SMILES string of the molecule is Cc1oncc1NC(=O)N1CCC(=Cc2cccc(OCCCC(F)(F)F)c2)CC1. The van der Waals surface area contributed by atoms with E-state index in [0.717, 1.165) is 18.4 Å². The summed E-state index contributed by atoms with van der Waals surface area (Å²) in [6.07, 6.45) is -0.0731. The summed E-state index contributed by atoms with van der Waals surface area (Å²) in [6, 6.07) is 7.09. The van der Waals surface area contributed by atoms with Crippen molar-refractivity contribution in [3.05, 3.63) is 47.4 Å². The van der Waals surface area contributed by atoms with Crippen molar-refractivity contribution in [1.29, 1.82) is 0 Å². The number of nitrogens with one attached hydrogen (secondary N) is 1. The van der Waals surface area contributed by atoms with Crippen LogP contribution in [-0.2, 0) is 0 Å². The Hall–Kier alpha value is -2.97. The molecule has 30 heavy (non-hydrogen) atoms. The van der Waals surface area contributed by atoms with Crippen LogP contribution in [0.1, 0.15) is 37.0 Å². The number of aromatic nitrogens is 1. The van der Waals surface area contributed by atoms with Crippen LogP contribution < -0.4 is 10.1 Å². The molecule has 0 saturated carbocycles. The number of likely N-dealkylation sites (tertiary alicyclic amines) is 1. The molecule has 1 aromatic heterocycles. The summed E-state index contributed by atoms with van der Waals surface area (Å²) in [4.78, 5) is 14.1. The van der Waals surface area contributed by atoms with E-state index in [0.29, 0.717) is 30.3 Å². The topological polar surface area (TPSA) is 67.6 Å². The minimum absolute atomic E-state index is 0.0231. The molecule has 2 amide bonds. The van der Waals surface area contributed by atoms with Gasteiger partial charge in [-0.25, -0.2) is 4.79 Å². The zero-order chi connectivity index (χ0) is 21.6. The normalized spacial score (nSPS) is 14.5. The lowest BCUT2D eigenvalue weighted by molar-refractivity contribution is -0.136. The molecule has 0 bridgehead atoms. The molecule has 9 heteroatoms. The van der Waals surface area contributed by atoms with Gasteiger partial charge in [-0.05, 0) is 43.9 Å². The van der Waals surface area contributed by atoms with Crippen molar-refractivity contribution in [2.75, 3.05) is 25.0 Å². The second-order valence-electron chi connectivity index (χ2n) is 7.16. The first-order valence-electron chi connectivity index (χ1n) is 9.76. The number of carbonyl (C=O) groups excluding carboxylic acids is 1. The molecule has 2 aromatic rings. The molecule has 1 aliphatic heterocycles. The van der Waals surface area contributed by atoms with Crippen LogP contribution in [0, 0.1) is 6.92 Å². The molecule has 1 saturated heterocycles. The molecule has 6 nitrogen and oxygen atoms in total. The minimum Gasteiger partial charge on any atom is -0.494 e. The molecule has 0 radical (unpaired) electrons. The number of piperidine rings is 1. The van der Waals surface area contributed by atoms with Crippen LogP contribution in [0.2, 0.25) is 0 Å². The molecular formula is C21H24F3N3O3. The van der Waals surface area contributed by atoms with Crippen molar-refractivity contribution in [1.82, 2.24) is 10.1 Å². The molecule has 0 atom stereocenters. The standard InChI is InChI=1S/C21H24F3N3O3/c1-15-19(14-25-30-15)26-20(28)27-9-6-16(7-10-27)12-17-4-2-5-18(13-17)29-11-3-8-21(22,23)24/h2,4-5,12-14H,3,6-11H2,1H3,(H,26,28). The predicted molar refractivity (Wildman–Crippen MR) is 106 cm³/mol. The first-order chi connectivity index (χ1) is 14.3. The number of hydrogen-bond acceptors (Lipinski definition) is 4. The summed E-state index contributed by atoms with van der Waals surface area (Å²) in [5.74, 6) is 1.11. The number of aryl methyl sites for hydroxylation is 1. The molecule has 0 unspecified atom stereocenters. The number of halogens is 3. The first-order valence-corrected chi connectivity index (χ1v) is 9.76. The van der Waals surface area contributed by atoms with Crippen molar-refractivity contribution in [2.24, 2.45) is 0 Å². The largest absolute Gasteiger partial charge is 0.494 e. The van der Waals surface area contributed by atoms with Gasteiger partial charge in [-0.2, -0.15) is 13.2 Å². The number of carbonyl (C=O) groups is 1. The summed E-state index contributed by atoms with van der Waals surface area (Å²) in [5.41, 5.74) is 2.69. The summed E-state index contributed by atoms with van der Waals surface area (Å²) >= 11 is 0. The van der Waals surface area contributed by atoms with Crippen LogP contribution >= 0.6 is 0 Å². The van der Waals surface area contributed by atoms with Crippen molar-refractivity contribution in [3.63, 3.8) is 0 Å². The van der Waals surface area contributed by atoms with Gasteiger partial charge in [0.2, 0.25) is 0 Å². The zero-order valence-electron chi connectivity index (χ0n) is 16.7. The Morgan fingerprint density at radius 1 is 1.33 bits per heavy atom. The van der Waals surface area contributed by atoms with Crippen molar-refractivity contribution >= 4 is 17.8 Å². The maximum Gasteiger partial charge on any atom is 0.389 e. The lowest BCUT2D eigenvalue weighted by atomic mass is 10.0. The van der Waals surface area contributed by atoms with E-state index in [-0.39, 0.29) is 19.1 Å². The highest BCUT2D eigenvalue weighted by Crippen LogP contribution is 2.24. The second kappa shape index (κ2) is 9.69. The summed E-state index contributed by atoms with van der Waals surface area (Å²) < 4.78 is 47.0. The van der Waals surface area contributed by atoms with Crippen LogP contribution in [0.15, 0.2) is 40.6 Å². The fraction of sp³-hybridized carbons (Fsp3) is 0.429. The van der Waals surface area contributed by atoms with E-state index in [1.54, 1.807) is 17.9 Å². The molecule has 0 aliphatic carbocycles. The molecule has 1 fully saturated rings. The van der Waals surface area contributed by atoms with Gasteiger partial charge in [0.15, 0.2) is 5.76 Å². The van der Waals surface area contributed by atoms with Crippen molar-refractivity contribution in [3.8, 4) is 5.75 Å². The first kappa shape index (κ1) is 21.7. The number of alkyl halides is 3. The fourth-order valence-corrected chi connectivity index (χ4v) is 3.15. The highest BCUT2D eigenvalue weighted by molar-refractivity contribution is 5.89. The maximum atomic E-state index is 12.4. The monoisotopic (exact) mass is 423 g/mol. The van der Waals surface area contributed by atoms with Crippen molar-refractivity contribution in [2.45, 2.75) is 38.8 Å². The molecule has 1 N–H and O–H groups in total. The zero-order valence-corrected chi connectivity index (χ0v) is 16.7. The van der Waals surface area contributed by atoms with Gasteiger partial charge >= 0.3 is 12.2 Å². The average Bonchev–Trinajstić information content (AvgIpc) is 3.10. The van der Waals surface area contributed by atoms with Gasteiger partial charge in [-0.3, -0.25) is 0 Å². The number of urea groups is 1. The summed E-state index contributed by atoms with van der Waals surface area (Å²) in [7, 11) is 0. The highest BCUT2D eigenvalue weighted by Gasteiger charge is 2.26. The summed E-state index contributed by atoms with van der Waals surface area (Å²) in [5, 5.41) is 6.43. The van der Waals surface area contributed by atoms with Gasteiger partial charge in [-0.1, -0.05) is 28.9 Å². The molecule has 0 spiro atoms. The third-order valence-electron chi connectivity index (χ3n) is 4.79. The van der Waals surface area contributed by atoms with Gasteiger partial charge in [-0.15, -0.1) is 0 Å². The number of benzene rings is 1. The summed E-state index contributed by atoms with van der Waals surface area (Å²) in [6.45, 7) is 2.94. The number of hydrogen-bond donors (Lipinski definition) is 1. The van der Waals surface area contributed by atoms with E-state index < -0.39 is 12.6 Å². The molecule has 2 heterocycles. The fourth-order valence-electron chi connectivity index (χ4n) is 3.15. The van der Waals surface area contributed by atoms with Gasteiger partial charge < -0.3 is 19.5 Å². The number of anilines is 1. The second-order valence-corrected chi connectivity index (χ2v) is 7.16. The highest BCUT2D eigenvalue weighted by atomic mass is 19.4. The lowest BCUT2D eigenvalue weighted by Crippen LogP contribution is -2.39. The Morgan fingerprint density at radius 2 is 2.10 bits per heavy atom. The van der Waals surface area contributed by atoms with E-state index in [4.69, 9.17) is 9.26 Å². The Labute approximate surface area is 172 Å². The third kappa shape index (κ3) is 6.53. The number of amides is 2. The van der Waals surface area contributed by atoms with E-state index >= 15 is 0 Å². The van der Waals surface area contributed by atoms with Gasteiger partial charge in [0.1, 0.15) is 11.4 Å². The molecule has 1 aliphatic rings. The molecule has 3 rings (SSSR count). The lowest BCUT2D eigenvalue weighted by Gasteiger charge is -2.28. The van der Waals surface area contributed by atoms with E-state index in [9.17, 15) is 18.0 Å². The molecular weight excluding hydrogens is 399 g/mol. The predicted octanol–water partition coefficient (Wildman–Crippen LogP) is 5.42. The van der Waals surface area contributed by atoms with Gasteiger partial charge in [0, 0.05) is 19.5 Å². The van der Waals surface area contributed by atoms with Crippen LogP contribution in [0.4, 0.5) is 23.7 Å². The third-order valence-corrected chi connectivity index (χ3v) is 4.79. The van der Waals surface area contributed by atoms with Crippen molar-refractivity contribution < 1.29 is 27.2 Å². The average molecular weight is 423 g/mol. The minimum atomic E-state index is -4.16. The number of nitrogens with zero attached hydrogens (tertiary/aromatic N) is 2. The number of rotatable bonds is 6. The van der Waals surface area contributed by atoms with Crippen LogP contribution in [0.25, 0.3) is 6.08 Å². The van der Waals surface area contributed by atoms with E-state index in [1.165, 1.54) is 11.8 Å².